The zero-order valence-electron chi connectivity index (χ0n) is 12.5. The molecule has 0 atom stereocenters. The van der Waals surface area contributed by atoms with Crippen molar-refractivity contribution in [2.24, 2.45) is 5.11 Å². The van der Waals surface area contributed by atoms with E-state index in [0.29, 0.717) is 25.3 Å². The van der Waals surface area contributed by atoms with Crippen LogP contribution in [0.25, 0.3) is 10.4 Å². The topological polar surface area (TPSA) is 90.3 Å². The molecule has 7 heteroatoms. The van der Waals surface area contributed by atoms with Gasteiger partial charge < -0.3 is 15.0 Å². The number of carbonyl (C=O) groups is 1. The fourth-order valence-electron chi connectivity index (χ4n) is 2.09. The first-order valence-corrected chi connectivity index (χ1v) is 6.79. The van der Waals surface area contributed by atoms with Crippen LogP contribution in [0, 0.1) is 0 Å². The van der Waals surface area contributed by atoms with E-state index in [1.165, 1.54) is 0 Å². The molecule has 0 aliphatic carbocycles. The highest BCUT2D eigenvalue weighted by molar-refractivity contribution is 5.70. The van der Waals surface area contributed by atoms with Crippen LogP contribution in [0.3, 0.4) is 0 Å². The molecule has 1 aromatic rings. The molecule has 0 saturated heterocycles. The van der Waals surface area contributed by atoms with Gasteiger partial charge in [-0.3, -0.25) is 0 Å². The Bertz CT molecular complexity index is 588. The van der Waals surface area contributed by atoms with Crippen LogP contribution < -0.4 is 5.32 Å². The minimum atomic E-state index is -0.521. The summed E-state index contributed by atoms with van der Waals surface area (Å²) in [6.45, 7) is 7.15. The van der Waals surface area contributed by atoms with Crippen LogP contribution in [-0.4, -0.2) is 29.7 Å². The Morgan fingerprint density at radius 3 is 2.90 bits per heavy atom. The van der Waals surface area contributed by atoms with Crippen LogP contribution in [0.1, 0.15) is 26.3 Å². The molecule has 21 heavy (non-hydrogen) atoms. The summed E-state index contributed by atoms with van der Waals surface area (Å²) >= 11 is 0. The fraction of sp³-hybridized carbons (Fsp3) is 0.500. The summed E-state index contributed by atoms with van der Waals surface area (Å²) < 4.78 is 5.40. The number of anilines is 1. The predicted octanol–water partition coefficient (Wildman–Crippen LogP) is 3.79. The normalized spacial score (nSPS) is 14.3. The molecule has 0 bridgehead atoms. The summed E-state index contributed by atoms with van der Waals surface area (Å²) in [6.07, 6.45) is -0.341. The predicted molar refractivity (Wildman–Crippen MR) is 80.4 cm³/mol. The highest BCUT2D eigenvalue weighted by Gasteiger charge is 2.24. The van der Waals surface area contributed by atoms with Gasteiger partial charge in [-0.1, -0.05) is 11.2 Å². The van der Waals surface area contributed by atoms with Crippen molar-refractivity contribution in [2.75, 3.05) is 18.4 Å². The van der Waals surface area contributed by atoms with Crippen molar-refractivity contribution < 1.29 is 9.53 Å². The number of fused-ring (bicyclic) bond motifs is 1. The monoisotopic (exact) mass is 289 g/mol. The summed E-state index contributed by atoms with van der Waals surface area (Å²) in [4.78, 5) is 16.6. The molecule has 0 spiro atoms. The van der Waals surface area contributed by atoms with Crippen molar-refractivity contribution in [3.8, 4) is 0 Å². The molecular weight excluding hydrogens is 270 g/mol. The fourth-order valence-corrected chi connectivity index (χ4v) is 2.09. The molecule has 7 nitrogen and oxygen atoms in total. The number of ether oxygens (including phenoxy) is 1. The van der Waals surface area contributed by atoms with Gasteiger partial charge in [-0.15, -0.1) is 0 Å². The lowest BCUT2D eigenvalue weighted by atomic mass is 10.1. The Labute approximate surface area is 123 Å². The van der Waals surface area contributed by atoms with E-state index in [4.69, 9.17) is 10.3 Å². The Balaban J connectivity index is 2.21. The molecule has 0 aromatic heterocycles. The number of hydrogen-bond acceptors (Lipinski definition) is 4. The maximum atomic E-state index is 12.2. The first-order valence-electron chi connectivity index (χ1n) is 6.79. The van der Waals surface area contributed by atoms with E-state index >= 15 is 0 Å². The van der Waals surface area contributed by atoms with Gasteiger partial charge >= 0.3 is 6.09 Å². The molecule has 0 saturated carbocycles. The van der Waals surface area contributed by atoms with Crippen LogP contribution in [0.2, 0.25) is 0 Å². The van der Waals surface area contributed by atoms with Gasteiger partial charge in [-0.2, -0.15) is 0 Å². The van der Waals surface area contributed by atoms with Crippen molar-refractivity contribution in [1.82, 2.24) is 4.90 Å². The third-order valence-electron chi connectivity index (χ3n) is 2.96. The van der Waals surface area contributed by atoms with E-state index in [-0.39, 0.29) is 6.09 Å². The van der Waals surface area contributed by atoms with Crippen LogP contribution in [-0.2, 0) is 11.3 Å². The second-order valence-corrected chi connectivity index (χ2v) is 5.86. The molecule has 1 heterocycles. The molecule has 0 unspecified atom stereocenters. The van der Waals surface area contributed by atoms with Gasteiger partial charge in [0.25, 0.3) is 0 Å². The number of rotatable bonds is 1. The third-order valence-corrected chi connectivity index (χ3v) is 2.96. The number of nitrogens with one attached hydrogen (secondary N) is 1. The zero-order chi connectivity index (χ0) is 15.5. The lowest BCUT2D eigenvalue weighted by Crippen LogP contribution is -2.37. The number of hydrogen-bond donors (Lipinski definition) is 1. The second-order valence-electron chi connectivity index (χ2n) is 5.86. The molecule has 0 radical (unpaired) electrons. The van der Waals surface area contributed by atoms with Gasteiger partial charge in [-0.25, -0.2) is 4.79 Å². The Kier molecular flexibility index (Phi) is 4.23. The minimum absolute atomic E-state index is 0.341. The third kappa shape index (κ3) is 4.03. The molecule has 1 aliphatic rings. The van der Waals surface area contributed by atoms with Gasteiger partial charge in [0.15, 0.2) is 0 Å². The summed E-state index contributed by atoms with van der Waals surface area (Å²) in [5, 5.41) is 6.85. The number of azide groups is 1. The molecule has 1 aromatic carbocycles. The number of carbonyl (C=O) groups excluding carboxylic acids is 1. The summed E-state index contributed by atoms with van der Waals surface area (Å²) in [5.74, 6) is 0. The molecule has 0 fully saturated rings. The maximum absolute atomic E-state index is 12.2. The van der Waals surface area contributed by atoms with Gasteiger partial charge in [0.05, 0.1) is 6.54 Å². The van der Waals surface area contributed by atoms with Crippen molar-refractivity contribution >= 4 is 17.5 Å². The molecule has 1 amide bonds. The molecule has 2 rings (SSSR count). The Morgan fingerprint density at radius 1 is 1.48 bits per heavy atom. The zero-order valence-corrected chi connectivity index (χ0v) is 12.5. The van der Waals surface area contributed by atoms with E-state index in [1.807, 2.05) is 26.8 Å². The average molecular weight is 289 g/mol. The highest BCUT2D eigenvalue weighted by Crippen LogP contribution is 2.26. The smallest absolute Gasteiger partial charge is 0.410 e. The quantitative estimate of drug-likeness (QED) is 0.484. The van der Waals surface area contributed by atoms with Crippen LogP contribution >= 0.6 is 0 Å². The number of amides is 1. The van der Waals surface area contributed by atoms with Crippen LogP contribution in [0.4, 0.5) is 16.2 Å². The standard InChI is InChI=1S/C14H19N5O2/c1-14(2,3)21-13(20)19-7-6-16-12-5-4-11(17-18-15)8-10(12)9-19/h4-5,8,16H,6-7,9H2,1-3H3. The number of benzene rings is 1. The number of nitrogens with zero attached hydrogens (tertiary/aromatic N) is 4. The van der Waals surface area contributed by atoms with E-state index < -0.39 is 5.60 Å². The van der Waals surface area contributed by atoms with Gasteiger partial charge in [-0.05, 0) is 44.0 Å². The highest BCUT2D eigenvalue weighted by atomic mass is 16.6. The van der Waals surface area contributed by atoms with Crippen molar-refractivity contribution in [3.63, 3.8) is 0 Å². The van der Waals surface area contributed by atoms with Gasteiger partial charge in [0, 0.05) is 29.4 Å². The Morgan fingerprint density at radius 2 is 2.24 bits per heavy atom. The molecule has 112 valence electrons. The lowest BCUT2D eigenvalue weighted by molar-refractivity contribution is 0.0245. The van der Waals surface area contributed by atoms with E-state index in [0.717, 1.165) is 11.3 Å². The molecule has 1 aliphatic heterocycles. The van der Waals surface area contributed by atoms with Crippen molar-refractivity contribution in [3.05, 3.63) is 34.2 Å². The van der Waals surface area contributed by atoms with Gasteiger partial charge in [0.2, 0.25) is 0 Å². The van der Waals surface area contributed by atoms with Crippen LogP contribution in [0.15, 0.2) is 23.3 Å². The Hall–Kier alpha value is -2.40. The van der Waals surface area contributed by atoms with E-state index in [2.05, 4.69) is 15.3 Å². The van der Waals surface area contributed by atoms with Crippen molar-refractivity contribution in [2.45, 2.75) is 32.9 Å². The van der Waals surface area contributed by atoms with E-state index in [1.54, 1.807) is 17.0 Å². The minimum Gasteiger partial charge on any atom is -0.444 e. The summed E-state index contributed by atoms with van der Waals surface area (Å²) in [6, 6.07) is 5.39. The summed E-state index contributed by atoms with van der Waals surface area (Å²) in [7, 11) is 0. The van der Waals surface area contributed by atoms with Crippen molar-refractivity contribution in [1.29, 1.82) is 0 Å². The first kappa shape index (κ1) is 15.0. The SMILES string of the molecule is CC(C)(C)OC(=O)N1CCNc2ccc(N=[N+]=[N-])cc2C1. The summed E-state index contributed by atoms with van der Waals surface area (Å²) in [5.41, 5.74) is 10.4. The van der Waals surface area contributed by atoms with Crippen LogP contribution in [0.5, 0.6) is 0 Å². The second kappa shape index (κ2) is 5.93. The molecule has 1 N–H and O–H groups in total. The molecular formula is C14H19N5O2. The lowest BCUT2D eigenvalue weighted by Gasteiger charge is -2.26. The van der Waals surface area contributed by atoms with Gasteiger partial charge in [0.1, 0.15) is 5.60 Å². The maximum Gasteiger partial charge on any atom is 0.410 e. The largest absolute Gasteiger partial charge is 0.444 e. The van der Waals surface area contributed by atoms with E-state index in [9.17, 15) is 4.79 Å². The average Bonchev–Trinajstić information content (AvgIpc) is 2.59. The first-order chi connectivity index (χ1) is 9.89.